The summed E-state index contributed by atoms with van der Waals surface area (Å²) in [6.45, 7) is 5.57. The zero-order chi connectivity index (χ0) is 50.5. The molecule has 0 unspecified atom stereocenters. The highest BCUT2D eigenvalue weighted by atomic mass is 35.5. The van der Waals surface area contributed by atoms with Crippen LogP contribution in [-0.2, 0) is 33.4 Å². The monoisotopic (exact) mass is 866 g/mol. The maximum Gasteiger partial charge on any atom is 0.407 e. The summed E-state index contributed by atoms with van der Waals surface area (Å²) in [6, 6.07) is 9.61. The summed E-state index contributed by atoms with van der Waals surface area (Å²) >= 11 is 5.67. The van der Waals surface area contributed by atoms with Crippen molar-refractivity contribution in [1.29, 1.82) is 0 Å². The molecule has 0 aliphatic rings. The largest absolute Gasteiger partial charge is 0.467 e. The molecule has 2 rings (SSSR count). The molecule has 0 bridgehead atoms. The number of methoxy groups -OCH3 is 1. The second-order valence-electron chi connectivity index (χ2n) is 15.1. The third-order valence-electron chi connectivity index (χ3n) is 7.56. The smallest absolute Gasteiger partial charge is 0.407 e. The molecule has 60 heavy (non-hydrogen) atoms. The second kappa shape index (κ2) is 26.4. The van der Waals surface area contributed by atoms with Gasteiger partial charge in [0.1, 0.15) is 17.2 Å². The molecule has 6 N–H and O–H groups in total. The number of carbonyl (C=O) groups excluding carboxylic acids is 8. The van der Waals surface area contributed by atoms with Crippen LogP contribution in [0.3, 0.4) is 0 Å². The summed E-state index contributed by atoms with van der Waals surface area (Å²) < 4.78 is 57.6. The van der Waals surface area contributed by atoms with Gasteiger partial charge in [0, 0.05) is 57.5 Å². The molecule has 2 aromatic carbocycles. The molecule has 0 aliphatic carbocycles. The lowest BCUT2D eigenvalue weighted by molar-refractivity contribution is -0.143. The Balaban J connectivity index is 0.000000660. The van der Waals surface area contributed by atoms with Crippen molar-refractivity contribution >= 4 is 70.5 Å². The number of halogens is 1. The molecule has 17 nitrogen and oxygen atoms in total. The van der Waals surface area contributed by atoms with Gasteiger partial charge in [0.2, 0.25) is 11.8 Å². The summed E-state index contributed by atoms with van der Waals surface area (Å²) in [4.78, 5) is 96.0. The van der Waals surface area contributed by atoms with Crippen LogP contribution in [0, 0.1) is 0 Å². The Kier molecular flexibility index (Phi) is 18.7. The van der Waals surface area contributed by atoms with Gasteiger partial charge in [-0.2, -0.15) is 0 Å². The zero-order valence-corrected chi connectivity index (χ0v) is 35.8. The minimum Gasteiger partial charge on any atom is -0.467 e. The first-order chi connectivity index (χ1) is 30.4. The average molecular weight is 867 g/mol. The van der Waals surface area contributed by atoms with E-state index in [0.717, 1.165) is 0 Å². The number of ether oxygens (including phenoxy) is 3. The van der Waals surface area contributed by atoms with Gasteiger partial charge in [0.05, 0.1) is 19.0 Å². The molecule has 0 saturated carbocycles. The van der Waals surface area contributed by atoms with Crippen molar-refractivity contribution in [2.24, 2.45) is 0 Å². The van der Waals surface area contributed by atoms with Crippen molar-refractivity contribution in [2.75, 3.05) is 36.7 Å². The Morgan fingerprint density at radius 1 is 0.650 bits per heavy atom. The lowest BCUT2D eigenvalue weighted by atomic mass is 10.0. The van der Waals surface area contributed by atoms with Crippen molar-refractivity contribution in [2.45, 2.75) is 117 Å². The van der Waals surface area contributed by atoms with Gasteiger partial charge in [-0.3, -0.25) is 24.0 Å². The van der Waals surface area contributed by atoms with Gasteiger partial charge >= 0.3 is 18.2 Å². The van der Waals surface area contributed by atoms with Crippen LogP contribution in [0.15, 0.2) is 48.5 Å². The summed E-state index contributed by atoms with van der Waals surface area (Å²) in [6.07, 6.45) is 1.63. The van der Waals surface area contributed by atoms with E-state index in [4.69, 9.17) is 34.0 Å². The maximum absolute atomic E-state index is 12.6. The number of Topliss-reactive ketones (excluding diaryl/α,β-unsaturated/α-hetero) is 1. The molecular weight excluding hydrogens is 800 g/mol. The van der Waals surface area contributed by atoms with Crippen LogP contribution in [0.4, 0.5) is 21.0 Å². The van der Waals surface area contributed by atoms with Crippen LogP contribution in [0.2, 0.25) is 0 Å². The van der Waals surface area contributed by atoms with Crippen LogP contribution in [0.25, 0.3) is 0 Å². The highest BCUT2D eigenvalue weighted by Crippen LogP contribution is 2.14. The molecule has 0 aliphatic heterocycles. The van der Waals surface area contributed by atoms with Crippen molar-refractivity contribution in [3.63, 3.8) is 0 Å². The van der Waals surface area contributed by atoms with E-state index >= 15 is 0 Å². The number of anilines is 2. The van der Waals surface area contributed by atoms with Crippen LogP contribution >= 0.6 is 11.6 Å². The normalized spacial score (nSPS) is 13.7. The predicted molar refractivity (Wildman–Crippen MR) is 228 cm³/mol. The Morgan fingerprint density at radius 3 is 1.45 bits per heavy atom. The molecule has 2 aromatic rings. The zero-order valence-electron chi connectivity index (χ0n) is 41.0. The molecule has 0 radical (unpaired) electrons. The summed E-state index contributed by atoms with van der Waals surface area (Å²) in [5, 5.41) is 14.9. The first-order valence-electron chi connectivity index (χ1n) is 22.0. The van der Waals surface area contributed by atoms with E-state index in [9.17, 15) is 38.4 Å². The minimum atomic E-state index is -2.83. The second-order valence-corrected chi connectivity index (χ2v) is 15.4. The molecule has 0 fully saturated rings. The lowest BCUT2D eigenvalue weighted by Crippen LogP contribution is -2.41. The molecule has 6 amide bonds. The van der Waals surface area contributed by atoms with Crippen molar-refractivity contribution in [3.05, 3.63) is 59.7 Å². The molecule has 18 heteroatoms. The SMILES string of the molecule is [2H]C([2H])([2H])C(=O)Nc1cccc(C(=O)N[C@H](CCCCNC(=O)OC(C)(C)C)C(=O)CCl)c1.[2H]C([2H])([2H])C(=O)Nc1cccc(C(=O)N[C@H](CCCCNC(=O)OC(C)(C)C)C(=O)OC)c1. The Morgan fingerprint density at radius 2 is 1.07 bits per heavy atom. The van der Waals surface area contributed by atoms with Gasteiger partial charge in [0.15, 0.2) is 5.78 Å². The van der Waals surface area contributed by atoms with E-state index in [1.807, 2.05) is 0 Å². The number of unbranched alkanes of at least 4 members (excludes halogenated alkanes) is 2. The topological polar surface area (TPSA) is 236 Å². The number of nitrogens with one attached hydrogen (secondary N) is 6. The van der Waals surface area contributed by atoms with Crippen LogP contribution in [-0.4, -0.2) is 96.9 Å². The number of benzene rings is 2. The number of amides is 6. The number of hydrogen-bond donors (Lipinski definition) is 6. The van der Waals surface area contributed by atoms with Crippen molar-refractivity contribution in [1.82, 2.24) is 21.3 Å². The standard InChI is InChI=1S/C21H30ClN3O5.C21H31N3O6/c1-14(26)24-16-9-7-8-15(12-16)19(28)25-17(18(27)13-22)10-5-6-11-23-20(29)30-21(2,3)4;1-14(25)23-16-10-8-9-15(13-16)18(26)24-17(19(27)29-5)11-6-7-12-22-20(28)30-21(2,3)4/h7-9,12,17H,5-6,10-11,13H2,1-4H3,(H,23,29)(H,24,26)(H,25,28);8-10,13,17H,6-7,11-12H2,1-5H3,(H,22,28)(H,23,25)(H,24,26)/t2*17-/m11/s1/i2*1D3. The average Bonchev–Trinajstić information content (AvgIpc) is 3.20. The molecule has 2 atom stereocenters. The van der Waals surface area contributed by atoms with Gasteiger partial charge in [0.25, 0.3) is 11.8 Å². The molecule has 332 valence electrons. The van der Waals surface area contributed by atoms with E-state index in [1.165, 1.54) is 55.6 Å². The molecule has 0 saturated heterocycles. The summed E-state index contributed by atoms with van der Waals surface area (Å²) in [7, 11) is 1.20. The third-order valence-corrected chi connectivity index (χ3v) is 7.82. The Hall–Kier alpha value is -5.71. The fourth-order valence-electron chi connectivity index (χ4n) is 4.98. The first-order valence-corrected chi connectivity index (χ1v) is 19.5. The fraction of sp³-hybridized carbons (Fsp3) is 0.524. The number of alkyl halides is 1. The van der Waals surface area contributed by atoms with Gasteiger partial charge < -0.3 is 46.1 Å². The highest BCUT2D eigenvalue weighted by molar-refractivity contribution is 6.28. The third kappa shape index (κ3) is 23.6. The number of hydrogen-bond acceptors (Lipinski definition) is 11. The van der Waals surface area contributed by atoms with E-state index < -0.39 is 78.8 Å². The first kappa shape index (κ1) is 42.4. The number of esters is 1. The maximum atomic E-state index is 12.6. The quantitative estimate of drug-likeness (QED) is 0.0424. The lowest BCUT2D eigenvalue weighted by Gasteiger charge is -2.20. The van der Waals surface area contributed by atoms with Gasteiger partial charge in [-0.1, -0.05) is 12.1 Å². The number of alkyl carbamates (subject to hydrolysis) is 2. The molecule has 0 heterocycles. The number of rotatable bonds is 19. The van der Waals surface area contributed by atoms with Crippen molar-refractivity contribution < 1.29 is 60.8 Å². The van der Waals surface area contributed by atoms with E-state index in [1.54, 1.807) is 41.5 Å². The van der Waals surface area contributed by atoms with Gasteiger partial charge in [-0.05, 0) is 116 Å². The number of carbonyl (C=O) groups is 8. The minimum absolute atomic E-state index is 0.124. The molecular formula is C42H61ClN6O11. The Labute approximate surface area is 365 Å². The van der Waals surface area contributed by atoms with E-state index in [0.29, 0.717) is 45.2 Å². The van der Waals surface area contributed by atoms with Gasteiger partial charge in [-0.15, -0.1) is 11.6 Å². The van der Waals surface area contributed by atoms with E-state index in [-0.39, 0.29) is 40.6 Å². The van der Waals surface area contributed by atoms with Crippen LogP contribution in [0.5, 0.6) is 0 Å². The molecule has 0 spiro atoms. The fourth-order valence-corrected chi connectivity index (χ4v) is 5.16. The highest BCUT2D eigenvalue weighted by Gasteiger charge is 2.23. The Bertz CT molecular complexity index is 1850. The van der Waals surface area contributed by atoms with E-state index in [2.05, 4.69) is 31.9 Å². The summed E-state index contributed by atoms with van der Waals surface area (Å²) in [5.74, 6) is -4.79. The number of ketones is 1. The van der Waals surface area contributed by atoms with Crippen molar-refractivity contribution in [3.8, 4) is 0 Å². The summed E-state index contributed by atoms with van der Waals surface area (Å²) in [5.41, 5.74) is -0.670. The van der Waals surface area contributed by atoms with Gasteiger partial charge in [-0.25, -0.2) is 14.4 Å². The van der Waals surface area contributed by atoms with Crippen LogP contribution in [0.1, 0.15) is 123 Å². The van der Waals surface area contributed by atoms with Crippen LogP contribution < -0.4 is 31.9 Å². The molecule has 0 aromatic heterocycles. The predicted octanol–water partition coefficient (Wildman–Crippen LogP) is 5.86.